The third-order valence-corrected chi connectivity index (χ3v) is 3.28. The van der Waals surface area contributed by atoms with Crippen LogP contribution in [0.3, 0.4) is 0 Å². The first kappa shape index (κ1) is 12.7. The van der Waals surface area contributed by atoms with Crippen LogP contribution in [0.4, 0.5) is 0 Å². The lowest BCUT2D eigenvalue weighted by atomic mass is 10.2. The van der Waals surface area contributed by atoms with Crippen LogP contribution < -0.4 is 4.74 Å². The van der Waals surface area contributed by atoms with Gasteiger partial charge in [-0.05, 0) is 17.7 Å². The lowest BCUT2D eigenvalue weighted by Crippen LogP contribution is -2.42. The molecule has 1 saturated heterocycles. The molecule has 0 bridgehead atoms. The monoisotopic (exact) mass is 255 g/mol. The third kappa shape index (κ3) is 3.60. The Morgan fingerprint density at radius 1 is 1.53 bits per heavy atom. The van der Waals surface area contributed by atoms with Gasteiger partial charge in [0.05, 0.1) is 19.8 Å². The Kier molecular flexibility index (Phi) is 4.66. The van der Waals surface area contributed by atoms with Crippen molar-refractivity contribution in [2.75, 3.05) is 32.7 Å². The fourth-order valence-corrected chi connectivity index (χ4v) is 2.23. The van der Waals surface area contributed by atoms with Gasteiger partial charge in [-0.2, -0.15) is 0 Å². The minimum absolute atomic E-state index is 0.163. The summed E-state index contributed by atoms with van der Waals surface area (Å²) < 4.78 is 10.8. The van der Waals surface area contributed by atoms with Crippen molar-refractivity contribution in [3.05, 3.63) is 29.8 Å². The molecule has 1 unspecified atom stereocenters. The maximum absolute atomic E-state index is 5.82. The number of hydrogen-bond acceptors (Lipinski definition) is 3. The zero-order valence-corrected chi connectivity index (χ0v) is 10.8. The van der Waals surface area contributed by atoms with E-state index in [1.54, 1.807) is 7.11 Å². The first-order valence-corrected chi connectivity index (χ1v) is 6.38. The molecule has 0 N–H and O–H groups in total. The van der Waals surface area contributed by atoms with Crippen molar-refractivity contribution < 1.29 is 9.47 Å². The molecule has 0 amide bonds. The number of benzene rings is 1. The Hall–Kier alpha value is -0.770. The zero-order chi connectivity index (χ0) is 12.1. The molecule has 3 nitrogen and oxygen atoms in total. The van der Waals surface area contributed by atoms with Crippen molar-refractivity contribution in [2.24, 2.45) is 0 Å². The van der Waals surface area contributed by atoms with Gasteiger partial charge >= 0.3 is 0 Å². The summed E-state index contributed by atoms with van der Waals surface area (Å²) in [4.78, 5) is 2.37. The second kappa shape index (κ2) is 6.24. The highest BCUT2D eigenvalue weighted by Crippen LogP contribution is 2.16. The van der Waals surface area contributed by atoms with Crippen molar-refractivity contribution in [3.8, 4) is 5.75 Å². The van der Waals surface area contributed by atoms with Crippen LogP contribution in [0.1, 0.15) is 5.56 Å². The van der Waals surface area contributed by atoms with Gasteiger partial charge in [0, 0.05) is 25.5 Å². The summed E-state index contributed by atoms with van der Waals surface area (Å²) in [6, 6.07) is 8.18. The SMILES string of the molecule is COc1cccc(CN2CCOC(CCl)C2)c1. The van der Waals surface area contributed by atoms with E-state index in [-0.39, 0.29) is 6.10 Å². The Bertz CT molecular complexity index is 359. The number of hydrogen-bond donors (Lipinski definition) is 0. The van der Waals surface area contributed by atoms with E-state index in [0.29, 0.717) is 5.88 Å². The third-order valence-electron chi connectivity index (χ3n) is 2.94. The second-order valence-corrected chi connectivity index (χ2v) is 4.54. The van der Waals surface area contributed by atoms with Crippen LogP contribution in [-0.4, -0.2) is 43.7 Å². The van der Waals surface area contributed by atoms with Crippen molar-refractivity contribution >= 4 is 11.6 Å². The Balaban J connectivity index is 1.95. The summed E-state index contributed by atoms with van der Waals surface area (Å²) in [5.41, 5.74) is 1.26. The highest BCUT2D eigenvalue weighted by molar-refractivity contribution is 6.18. The summed E-state index contributed by atoms with van der Waals surface area (Å²) >= 11 is 5.82. The number of nitrogens with zero attached hydrogens (tertiary/aromatic N) is 1. The van der Waals surface area contributed by atoms with Crippen LogP contribution in [-0.2, 0) is 11.3 Å². The molecule has 17 heavy (non-hydrogen) atoms. The standard InChI is InChI=1S/C13H18ClNO2/c1-16-12-4-2-3-11(7-12)9-15-5-6-17-13(8-14)10-15/h2-4,7,13H,5-6,8-10H2,1H3. The molecular formula is C13H18ClNO2. The molecule has 1 aliphatic rings. The molecule has 94 valence electrons. The van der Waals surface area contributed by atoms with Crippen molar-refractivity contribution in [2.45, 2.75) is 12.6 Å². The molecular weight excluding hydrogens is 238 g/mol. The second-order valence-electron chi connectivity index (χ2n) is 4.23. The predicted molar refractivity (Wildman–Crippen MR) is 68.7 cm³/mol. The minimum atomic E-state index is 0.163. The van der Waals surface area contributed by atoms with Crippen LogP contribution in [0.25, 0.3) is 0 Å². The number of methoxy groups -OCH3 is 1. The molecule has 1 aromatic rings. The number of ether oxygens (including phenoxy) is 2. The maximum Gasteiger partial charge on any atom is 0.119 e. The van der Waals surface area contributed by atoms with Gasteiger partial charge in [-0.25, -0.2) is 0 Å². The Labute approximate surface area is 107 Å². The molecule has 4 heteroatoms. The fraction of sp³-hybridized carbons (Fsp3) is 0.538. The predicted octanol–water partition coefficient (Wildman–Crippen LogP) is 2.13. The smallest absolute Gasteiger partial charge is 0.119 e. The molecule has 0 aromatic heterocycles. The van der Waals surface area contributed by atoms with Crippen LogP contribution in [0.5, 0.6) is 5.75 Å². The summed E-state index contributed by atoms with van der Waals surface area (Å²) in [7, 11) is 1.69. The van der Waals surface area contributed by atoms with E-state index in [1.807, 2.05) is 12.1 Å². The van der Waals surface area contributed by atoms with Gasteiger partial charge in [-0.1, -0.05) is 12.1 Å². The van der Waals surface area contributed by atoms with Gasteiger partial charge < -0.3 is 9.47 Å². The highest BCUT2D eigenvalue weighted by atomic mass is 35.5. The summed E-state index contributed by atoms with van der Waals surface area (Å²) in [6.45, 7) is 3.56. The first-order valence-electron chi connectivity index (χ1n) is 5.84. The molecule has 2 rings (SSSR count). The molecule has 1 aliphatic heterocycles. The Morgan fingerprint density at radius 2 is 2.41 bits per heavy atom. The molecule has 1 atom stereocenters. The topological polar surface area (TPSA) is 21.7 Å². The minimum Gasteiger partial charge on any atom is -0.497 e. The van der Waals surface area contributed by atoms with Gasteiger partial charge in [-0.3, -0.25) is 4.90 Å². The molecule has 0 radical (unpaired) electrons. The summed E-state index contributed by atoms with van der Waals surface area (Å²) in [5, 5.41) is 0. The van der Waals surface area contributed by atoms with E-state index in [1.165, 1.54) is 5.56 Å². The number of rotatable bonds is 4. The van der Waals surface area contributed by atoms with E-state index in [2.05, 4.69) is 17.0 Å². The van der Waals surface area contributed by atoms with Gasteiger partial charge in [0.15, 0.2) is 0 Å². The van der Waals surface area contributed by atoms with Crippen LogP contribution in [0, 0.1) is 0 Å². The average molecular weight is 256 g/mol. The van der Waals surface area contributed by atoms with Crippen molar-refractivity contribution in [1.29, 1.82) is 0 Å². The summed E-state index contributed by atoms with van der Waals surface area (Å²) in [5.74, 6) is 1.47. The van der Waals surface area contributed by atoms with E-state index in [0.717, 1.165) is 32.0 Å². The van der Waals surface area contributed by atoms with Crippen LogP contribution in [0.2, 0.25) is 0 Å². The van der Waals surface area contributed by atoms with E-state index in [4.69, 9.17) is 21.1 Å². The number of alkyl halides is 1. The van der Waals surface area contributed by atoms with Gasteiger partial charge in [0.1, 0.15) is 5.75 Å². The first-order chi connectivity index (χ1) is 8.31. The lowest BCUT2D eigenvalue weighted by Gasteiger charge is -2.32. The Morgan fingerprint density at radius 3 is 3.18 bits per heavy atom. The normalized spacial score (nSPS) is 21.4. The summed E-state index contributed by atoms with van der Waals surface area (Å²) in [6.07, 6.45) is 0.163. The molecule has 0 saturated carbocycles. The number of morpholine rings is 1. The van der Waals surface area contributed by atoms with E-state index >= 15 is 0 Å². The van der Waals surface area contributed by atoms with Gasteiger partial charge in [-0.15, -0.1) is 11.6 Å². The molecule has 1 aromatic carbocycles. The lowest BCUT2D eigenvalue weighted by molar-refractivity contribution is -0.0194. The highest BCUT2D eigenvalue weighted by Gasteiger charge is 2.19. The van der Waals surface area contributed by atoms with Gasteiger partial charge in [0.25, 0.3) is 0 Å². The molecule has 0 aliphatic carbocycles. The molecule has 1 fully saturated rings. The van der Waals surface area contributed by atoms with Crippen molar-refractivity contribution in [1.82, 2.24) is 4.90 Å². The molecule has 1 heterocycles. The zero-order valence-electron chi connectivity index (χ0n) is 10.1. The molecule has 0 spiro atoms. The van der Waals surface area contributed by atoms with E-state index in [9.17, 15) is 0 Å². The quantitative estimate of drug-likeness (QED) is 0.770. The van der Waals surface area contributed by atoms with E-state index < -0.39 is 0 Å². The largest absolute Gasteiger partial charge is 0.497 e. The van der Waals surface area contributed by atoms with Crippen LogP contribution in [0.15, 0.2) is 24.3 Å². The van der Waals surface area contributed by atoms with Crippen molar-refractivity contribution in [3.63, 3.8) is 0 Å². The van der Waals surface area contributed by atoms with Gasteiger partial charge in [0.2, 0.25) is 0 Å². The maximum atomic E-state index is 5.82. The van der Waals surface area contributed by atoms with Crippen LogP contribution >= 0.6 is 11.6 Å². The fourth-order valence-electron chi connectivity index (χ4n) is 2.05. The number of halogens is 1. The average Bonchev–Trinajstić information content (AvgIpc) is 2.39.